The molecule has 0 spiro atoms. The second-order valence-electron chi connectivity index (χ2n) is 4.32. The Labute approximate surface area is 112 Å². The average molecular weight is 289 g/mol. The number of halogens is 2. The molecule has 1 atom stereocenters. The lowest BCUT2D eigenvalue weighted by Gasteiger charge is -2.34. The Bertz CT molecular complexity index is 502. The molecular formula is C12H13F2NO5. The Morgan fingerprint density at radius 3 is 2.70 bits per heavy atom. The molecule has 1 amide bonds. The van der Waals surface area contributed by atoms with Crippen molar-refractivity contribution in [2.45, 2.75) is 18.9 Å². The molecule has 110 valence electrons. The fourth-order valence-corrected chi connectivity index (χ4v) is 2.03. The van der Waals surface area contributed by atoms with Gasteiger partial charge < -0.3 is 19.2 Å². The molecular weight excluding hydrogens is 276 g/mol. The number of nitrogens with zero attached hydrogens (tertiary/aromatic N) is 1. The maximum Gasteiger partial charge on any atom is 0.371 e. The molecule has 1 fully saturated rings. The van der Waals surface area contributed by atoms with Crippen LogP contribution in [0.25, 0.3) is 0 Å². The summed E-state index contributed by atoms with van der Waals surface area (Å²) >= 11 is 0. The molecule has 1 aliphatic heterocycles. The molecule has 8 heteroatoms. The number of carbonyl (C=O) groups is 2. The number of carbonyl (C=O) groups excluding carboxylic acids is 1. The maximum absolute atomic E-state index is 12.5. The second-order valence-corrected chi connectivity index (χ2v) is 4.32. The third kappa shape index (κ3) is 3.13. The first-order valence-corrected chi connectivity index (χ1v) is 5.99. The van der Waals surface area contributed by atoms with Crippen LogP contribution < -0.4 is 0 Å². The zero-order chi connectivity index (χ0) is 14.7. The number of alkyl halides is 2. The molecule has 0 aliphatic carbocycles. The molecule has 2 heterocycles. The molecule has 1 N–H and O–H groups in total. The first-order valence-electron chi connectivity index (χ1n) is 5.99. The van der Waals surface area contributed by atoms with Gasteiger partial charge in [-0.15, -0.1) is 0 Å². The number of aromatic carboxylic acids is 1. The zero-order valence-electron chi connectivity index (χ0n) is 10.4. The van der Waals surface area contributed by atoms with E-state index >= 15 is 0 Å². The van der Waals surface area contributed by atoms with Gasteiger partial charge in [0, 0.05) is 13.0 Å². The molecule has 1 unspecified atom stereocenters. The van der Waals surface area contributed by atoms with E-state index in [2.05, 4.69) is 0 Å². The first-order chi connectivity index (χ1) is 9.49. The van der Waals surface area contributed by atoms with Crippen LogP contribution in [-0.4, -0.2) is 54.1 Å². The summed E-state index contributed by atoms with van der Waals surface area (Å²) in [6.45, 7) is 0.444. The summed E-state index contributed by atoms with van der Waals surface area (Å²) in [6.07, 6.45) is -3.04. The van der Waals surface area contributed by atoms with E-state index in [1.807, 2.05) is 0 Å². The minimum Gasteiger partial charge on any atom is -0.475 e. The molecule has 1 aliphatic rings. The third-order valence-electron chi connectivity index (χ3n) is 2.97. The van der Waals surface area contributed by atoms with Gasteiger partial charge in [-0.05, 0) is 12.1 Å². The highest BCUT2D eigenvalue weighted by Gasteiger charge is 2.32. The summed E-state index contributed by atoms with van der Waals surface area (Å²) in [5.74, 6) is -2.45. The van der Waals surface area contributed by atoms with Crippen molar-refractivity contribution in [3.05, 3.63) is 23.7 Å². The van der Waals surface area contributed by atoms with E-state index in [4.69, 9.17) is 14.3 Å². The smallest absolute Gasteiger partial charge is 0.371 e. The Morgan fingerprint density at radius 2 is 2.10 bits per heavy atom. The molecule has 0 aromatic carbocycles. The molecule has 1 aromatic rings. The van der Waals surface area contributed by atoms with Crippen molar-refractivity contribution in [1.82, 2.24) is 4.90 Å². The normalized spacial score (nSPS) is 19.4. The van der Waals surface area contributed by atoms with Crippen molar-refractivity contribution in [1.29, 1.82) is 0 Å². The van der Waals surface area contributed by atoms with Crippen molar-refractivity contribution in [3.8, 4) is 0 Å². The largest absolute Gasteiger partial charge is 0.475 e. The molecule has 0 bridgehead atoms. The molecule has 1 aromatic heterocycles. The van der Waals surface area contributed by atoms with Gasteiger partial charge in [-0.1, -0.05) is 0 Å². The molecule has 6 nitrogen and oxygen atoms in total. The van der Waals surface area contributed by atoms with Crippen LogP contribution in [0.15, 0.2) is 16.5 Å². The number of rotatable bonds is 4. The van der Waals surface area contributed by atoms with E-state index in [0.717, 1.165) is 6.07 Å². The van der Waals surface area contributed by atoms with Gasteiger partial charge in [-0.25, -0.2) is 13.6 Å². The van der Waals surface area contributed by atoms with Crippen molar-refractivity contribution in [2.75, 3.05) is 19.8 Å². The van der Waals surface area contributed by atoms with Crippen molar-refractivity contribution < 1.29 is 32.6 Å². The van der Waals surface area contributed by atoms with Gasteiger partial charge in [-0.2, -0.15) is 0 Å². The van der Waals surface area contributed by atoms with Gasteiger partial charge in [0.25, 0.3) is 5.91 Å². The van der Waals surface area contributed by atoms with E-state index in [-0.39, 0.29) is 31.3 Å². The van der Waals surface area contributed by atoms with Crippen molar-refractivity contribution in [2.24, 2.45) is 0 Å². The predicted molar refractivity (Wildman–Crippen MR) is 61.9 cm³/mol. The molecule has 2 rings (SSSR count). The topological polar surface area (TPSA) is 80.0 Å². The Balaban J connectivity index is 2.14. The van der Waals surface area contributed by atoms with Crippen LogP contribution in [0.5, 0.6) is 0 Å². The minimum absolute atomic E-state index is 0.0303. The first kappa shape index (κ1) is 14.4. The number of hydrogen-bond donors (Lipinski definition) is 1. The monoisotopic (exact) mass is 289 g/mol. The zero-order valence-corrected chi connectivity index (χ0v) is 10.4. The van der Waals surface area contributed by atoms with Gasteiger partial charge in [0.15, 0.2) is 5.76 Å². The molecule has 0 radical (unpaired) electrons. The van der Waals surface area contributed by atoms with Crippen molar-refractivity contribution in [3.63, 3.8) is 0 Å². The second kappa shape index (κ2) is 6.00. The summed E-state index contributed by atoms with van der Waals surface area (Å²) in [5, 5.41) is 8.72. The summed E-state index contributed by atoms with van der Waals surface area (Å²) < 4.78 is 34.9. The molecule has 1 saturated heterocycles. The average Bonchev–Trinajstić information content (AvgIpc) is 2.87. The quantitative estimate of drug-likeness (QED) is 0.908. The highest BCUT2D eigenvalue weighted by molar-refractivity contribution is 5.93. The Morgan fingerprint density at radius 1 is 1.40 bits per heavy atom. The van der Waals surface area contributed by atoms with Gasteiger partial charge in [0.1, 0.15) is 0 Å². The summed E-state index contributed by atoms with van der Waals surface area (Å²) in [6, 6.07) is 1.63. The fraction of sp³-hybridized carbons (Fsp3) is 0.500. The lowest BCUT2D eigenvalue weighted by atomic mass is 10.1. The van der Waals surface area contributed by atoms with Crippen LogP contribution in [0.3, 0.4) is 0 Å². The summed E-state index contributed by atoms with van der Waals surface area (Å²) in [7, 11) is 0. The van der Waals surface area contributed by atoms with Crippen LogP contribution in [0.1, 0.15) is 27.5 Å². The maximum atomic E-state index is 12.5. The lowest BCUT2D eigenvalue weighted by Crippen LogP contribution is -2.49. The van der Waals surface area contributed by atoms with Gasteiger partial charge in [-0.3, -0.25) is 4.79 Å². The van der Waals surface area contributed by atoms with Crippen LogP contribution in [0.2, 0.25) is 0 Å². The number of amides is 1. The van der Waals surface area contributed by atoms with E-state index in [9.17, 15) is 18.4 Å². The number of furan rings is 1. The van der Waals surface area contributed by atoms with E-state index in [0.29, 0.717) is 0 Å². The highest BCUT2D eigenvalue weighted by atomic mass is 19.3. The summed E-state index contributed by atoms with van der Waals surface area (Å²) in [5.41, 5.74) is 0. The standard InChI is InChI=1S/C12H13F2NO5/c13-10(14)5-7-6-19-4-3-15(7)11(16)8-1-2-9(20-8)12(17)18/h1-2,7,10H,3-6H2,(H,17,18). The van der Waals surface area contributed by atoms with Crippen LogP contribution in [0.4, 0.5) is 8.78 Å². The number of carboxylic acid groups (broad SMARTS) is 1. The number of carboxylic acids is 1. The highest BCUT2D eigenvalue weighted by Crippen LogP contribution is 2.19. The van der Waals surface area contributed by atoms with Crippen LogP contribution in [-0.2, 0) is 4.74 Å². The fourth-order valence-electron chi connectivity index (χ4n) is 2.03. The number of hydrogen-bond acceptors (Lipinski definition) is 4. The van der Waals surface area contributed by atoms with E-state index in [1.165, 1.54) is 11.0 Å². The minimum atomic E-state index is -2.55. The van der Waals surface area contributed by atoms with Gasteiger partial charge in [0.05, 0.1) is 19.3 Å². The van der Waals surface area contributed by atoms with Gasteiger partial charge >= 0.3 is 5.97 Å². The molecule has 0 saturated carbocycles. The van der Waals surface area contributed by atoms with Crippen molar-refractivity contribution >= 4 is 11.9 Å². The Hall–Kier alpha value is -1.96. The number of morpholine rings is 1. The van der Waals surface area contributed by atoms with Crippen LogP contribution in [0, 0.1) is 0 Å². The van der Waals surface area contributed by atoms with Gasteiger partial charge in [0.2, 0.25) is 12.2 Å². The SMILES string of the molecule is O=C(O)c1ccc(C(=O)N2CCOCC2CC(F)F)o1. The Kier molecular flexibility index (Phi) is 4.33. The van der Waals surface area contributed by atoms with Crippen LogP contribution >= 0.6 is 0 Å². The number of ether oxygens (including phenoxy) is 1. The lowest BCUT2D eigenvalue weighted by molar-refractivity contribution is -0.0228. The van der Waals surface area contributed by atoms with E-state index < -0.39 is 30.8 Å². The third-order valence-corrected chi connectivity index (χ3v) is 2.97. The predicted octanol–water partition coefficient (Wildman–Crippen LogP) is 1.47. The molecule has 20 heavy (non-hydrogen) atoms. The van der Waals surface area contributed by atoms with E-state index in [1.54, 1.807) is 0 Å². The summed E-state index contributed by atoms with van der Waals surface area (Å²) in [4.78, 5) is 24.1.